The van der Waals surface area contributed by atoms with Crippen LogP contribution in [0, 0.1) is 11.7 Å². The summed E-state index contributed by atoms with van der Waals surface area (Å²) in [5.41, 5.74) is 3.42. The van der Waals surface area contributed by atoms with E-state index in [0.29, 0.717) is 13.0 Å². The van der Waals surface area contributed by atoms with E-state index in [-0.39, 0.29) is 23.7 Å². The number of nitrogens with zero attached hydrogens (tertiary/aromatic N) is 2. The second-order valence-corrected chi connectivity index (χ2v) is 7.92. The third-order valence-corrected chi connectivity index (χ3v) is 6.17. The van der Waals surface area contributed by atoms with Gasteiger partial charge in [0.2, 0.25) is 5.91 Å². The van der Waals surface area contributed by atoms with Crippen molar-refractivity contribution in [3.05, 3.63) is 84.1 Å². The predicted octanol–water partition coefficient (Wildman–Crippen LogP) is 3.60. The molecule has 0 bridgehead atoms. The summed E-state index contributed by atoms with van der Waals surface area (Å²) in [5.74, 6) is 0.377. The number of furan rings is 1. The molecule has 5 nitrogen and oxygen atoms in total. The SMILES string of the molecule is O=C(NCc1ccco1)C1Cc2ccccc2N2CCN(c3ccc(F)cc3)CC12. The van der Waals surface area contributed by atoms with Crippen molar-refractivity contribution in [3.8, 4) is 0 Å². The van der Waals surface area contributed by atoms with Gasteiger partial charge in [-0.1, -0.05) is 18.2 Å². The minimum Gasteiger partial charge on any atom is -0.467 e. The highest BCUT2D eigenvalue weighted by Gasteiger charge is 2.41. The number of carbonyl (C=O) groups excluding carboxylic acids is 1. The molecule has 0 spiro atoms. The van der Waals surface area contributed by atoms with Gasteiger partial charge in [0, 0.05) is 31.0 Å². The number of fused-ring (bicyclic) bond motifs is 3. The molecule has 154 valence electrons. The second-order valence-electron chi connectivity index (χ2n) is 7.92. The maximum atomic E-state index is 13.4. The molecular formula is C24H24FN3O2. The van der Waals surface area contributed by atoms with E-state index in [2.05, 4.69) is 33.3 Å². The lowest BCUT2D eigenvalue weighted by atomic mass is 9.83. The van der Waals surface area contributed by atoms with E-state index < -0.39 is 0 Å². The standard InChI is InChI=1S/C24H24FN3O2/c25-18-7-9-19(10-8-18)27-11-12-28-22-6-2-1-4-17(22)14-21(23(28)16-27)24(29)26-15-20-5-3-13-30-20/h1-10,13,21,23H,11-12,14-16H2,(H,26,29). The van der Waals surface area contributed by atoms with Gasteiger partial charge in [0.25, 0.3) is 0 Å². The van der Waals surface area contributed by atoms with E-state index in [1.165, 1.54) is 23.4 Å². The number of piperazine rings is 1. The van der Waals surface area contributed by atoms with Gasteiger partial charge in [-0.3, -0.25) is 4.79 Å². The zero-order chi connectivity index (χ0) is 20.5. The Kier molecular flexibility index (Phi) is 4.91. The van der Waals surface area contributed by atoms with Crippen LogP contribution >= 0.6 is 0 Å². The highest BCUT2D eigenvalue weighted by Crippen LogP contribution is 2.37. The molecule has 0 radical (unpaired) electrons. The summed E-state index contributed by atoms with van der Waals surface area (Å²) >= 11 is 0. The number of benzene rings is 2. The van der Waals surface area contributed by atoms with Crippen LogP contribution in [-0.4, -0.2) is 31.6 Å². The first-order valence-corrected chi connectivity index (χ1v) is 10.3. The number of hydrogen-bond donors (Lipinski definition) is 1. The van der Waals surface area contributed by atoms with Crippen LogP contribution in [0.3, 0.4) is 0 Å². The van der Waals surface area contributed by atoms with Gasteiger partial charge in [-0.15, -0.1) is 0 Å². The number of halogens is 1. The molecule has 2 unspecified atom stereocenters. The van der Waals surface area contributed by atoms with Gasteiger partial charge in [-0.2, -0.15) is 0 Å². The van der Waals surface area contributed by atoms with Gasteiger partial charge in [-0.25, -0.2) is 4.39 Å². The highest BCUT2D eigenvalue weighted by atomic mass is 19.1. The lowest BCUT2D eigenvalue weighted by molar-refractivity contribution is -0.126. The normalized spacial score (nSPS) is 20.4. The van der Waals surface area contributed by atoms with Crippen molar-refractivity contribution in [1.82, 2.24) is 5.32 Å². The molecule has 1 amide bonds. The Bertz CT molecular complexity index is 1020. The summed E-state index contributed by atoms with van der Waals surface area (Å²) in [4.78, 5) is 17.8. The van der Waals surface area contributed by atoms with Crippen molar-refractivity contribution < 1.29 is 13.6 Å². The van der Waals surface area contributed by atoms with Crippen LogP contribution in [0.5, 0.6) is 0 Å². The first-order valence-electron chi connectivity index (χ1n) is 10.3. The molecule has 1 aromatic heterocycles. The number of anilines is 2. The highest BCUT2D eigenvalue weighted by molar-refractivity contribution is 5.82. The molecule has 2 aliphatic rings. The minimum atomic E-state index is -0.237. The van der Waals surface area contributed by atoms with Crippen LogP contribution < -0.4 is 15.1 Å². The summed E-state index contributed by atoms with van der Waals surface area (Å²) in [5, 5.41) is 3.05. The van der Waals surface area contributed by atoms with Gasteiger partial charge in [0.1, 0.15) is 11.6 Å². The van der Waals surface area contributed by atoms with E-state index in [0.717, 1.165) is 31.1 Å². The number of carbonyl (C=O) groups is 1. The lowest BCUT2D eigenvalue weighted by Crippen LogP contribution is -2.61. The van der Waals surface area contributed by atoms with Gasteiger partial charge in [0.05, 0.1) is 24.8 Å². The Morgan fingerprint density at radius 1 is 1.07 bits per heavy atom. The van der Waals surface area contributed by atoms with Crippen molar-refractivity contribution in [2.24, 2.45) is 5.92 Å². The zero-order valence-electron chi connectivity index (χ0n) is 16.6. The molecule has 2 aliphatic heterocycles. The molecule has 0 saturated carbocycles. The van der Waals surface area contributed by atoms with Crippen molar-refractivity contribution >= 4 is 17.3 Å². The Morgan fingerprint density at radius 3 is 2.70 bits per heavy atom. The molecule has 3 heterocycles. The number of para-hydroxylation sites is 1. The monoisotopic (exact) mass is 405 g/mol. The van der Waals surface area contributed by atoms with E-state index in [1.54, 1.807) is 6.26 Å². The molecule has 30 heavy (non-hydrogen) atoms. The lowest BCUT2D eigenvalue weighted by Gasteiger charge is -2.49. The Morgan fingerprint density at radius 2 is 1.90 bits per heavy atom. The smallest absolute Gasteiger partial charge is 0.225 e. The van der Waals surface area contributed by atoms with Crippen molar-refractivity contribution in [1.29, 1.82) is 0 Å². The van der Waals surface area contributed by atoms with E-state index in [9.17, 15) is 9.18 Å². The quantitative estimate of drug-likeness (QED) is 0.721. The molecule has 6 heteroatoms. The number of hydrogen-bond acceptors (Lipinski definition) is 4. The van der Waals surface area contributed by atoms with Gasteiger partial charge in [0.15, 0.2) is 0 Å². The first kappa shape index (κ1) is 18.7. The Balaban J connectivity index is 1.40. The third kappa shape index (κ3) is 3.54. The summed E-state index contributed by atoms with van der Waals surface area (Å²) in [6.45, 7) is 2.76. The van der Waals surface area contributed by atoms with Gasteiger partial charge >= 0.3 is 0 Å². The molecule has 1 saturated heterocycles. The average molecular weight is 405 g/mol. The van der Waals surface area contributed by atoms with Crippen molar-refractivity contribution in [2.45, 2.75) is 19.0 Å². The summed E-state index contributed by atoms with van der Waals surface area (Å²) in [7, 11) is 0. The first-order chi connectivity index (χ1) is 14.7. The van der Waals surface area contributed by atoms with Gasteiger partial charge in [-0.05, 0) is 54.4 Å². The fourth-order valence-electron chi connectivity index (χ4n) is 4.66. The van der Waals surface area contributed by atoms with E-state index >= 15 is 0 Å². The topological polar surface area (TPSA) is 48.7 Å². The maximum absolute atomic E-state index is 13.4. The minimum absolute atomic E-state index is 0.0388. The number of amides is 1. The summed E-state index contributed by atoms with van der Waals surface area (Å²) < 4.78 is 18.7. The van der Waals surface area contributed by atoms with Crippen LogP contribution in [0.2, 0.25) is 0 Å². The fraction of sp³-hybridized carbons (Fsp3) is 0.292. The largest absolute Gasteiger partial charge is 0.467 e. The molecule has 1 fully saturated rings. The van der Waals surface area contributed by atoms with Crippen molar-refractivity contribution in [3.63, 3.8) is 0 Å². The number of nitrogens with one attached hydrogen (secondary N) is 1. The summed E-state index contributed by atoms with van der Waals surface area (Å²) in [6.07, 6.45) is 2.32. The Hall–Kier alpha value is -3.28. The maximum Gasteiger partial charge on any atom is 0.225 e. The molecule has 2 aromatic carbocycles. The average Bonchev–Trinajstić information content (AvgIpc) is 3.31. The van der Waals surface area contributed by atoms with Crippen molar-refractivity contribution in [2.75, 3.05) is 29.4 Å². The van der Waals surface area contributed by atoms with E-state index in [4.69, 9.17) is 4.42 Å². The molecule has 5 rings (SSSR count). The molecule has 0 aliphatic carbocycles. The molecular weight excluding hydrogens is 381 g/mol. The third-order valence-electron chi connectivity index (χ3n) is 6.17. The number of rotatable bonds is 4. The predicted molar refractivity (Wildman–Crippen MR) is 114 cm³/mol. The van der Waals surface area contributed by atoms with Gasteiger partial charge < -0.3 is 19.5 Å². The molecule has 3 aromatic rings. The van der Waals surface area contributed by atoms with E-state index in [1.807, 2.05) is 30.3 Å². The van der Waals surface area contributed by atoms with Crippen LogP contribution in [0.1, 0.15) is 11.3 Å². The Labute approximate surface area is 175 Å². The molecule has 2 atom stereocenters. The van der Waals surface area contributed by atoms with Crippen LogP contribution in [-0.2, 0) is 17.8 Å². The summed E-state index contributed by atoms with van der Waals surface area (Å²) in [6, 6.07) is 18.7. The molecule has 1 N–H and O–H groups in total. The zero-order valence-corrected chi connectivity index (χ0v) is 16.6. The van der Waals surface area contributed by atoms with Crippen LogP contribution in [0.25, 0.3) is 0 Å². The van der Waals surface area contributed by atoms with Crippen LogP contribution in [0.4, 0.5) is 15.8 Å². The second kappa shape index (κ2) is 7.86. The fourth-order valence-corrected chi connectivity index (χ4v) is 4.66. The van der Waals surface area contributed by atoms with Crippen LogP contribution in [0.15, 0.2) is 71.3 Å².